The topological polar surface area (TPSA) is 47.3 Å². The fourth-order valence-electron chi connectivity index (χ4n) is 2.31. The van der Waals surface area contributed by atoms with E-state index in [0.717, 1.165) is 12.2 Å². The van der Waals surface area contributed by atoms with Crippen LogP contribution in [0.4, 0.5) is 0 Å². The van der Waals surface area contributed by atoms with Gasteiger partial charge in [-0.1, -0.05) is 57.6 Å². The van der Waals surface area contributed by atoms with Crippen molar-refractivity contribution in [3.63, 3.8) is 0 Å². The van der Waals surface area contributed by atoms with E-state index in [1.54, 1.807) is 7.11 Å². The van der Waals surface area contributed by atoms with Crippen LogP contribution in [0, 0.1) is 0 Å². The van der Waals surface area contributed by atoms with Gasteiger partial charge < -0.3 is 4.74 Å². The molecule has 0 fully saturated rings. The number of methoxy groups -OCH3 is 1. The second-order valence-electron chi connectivity index (χ2n) is 5.05. The normalized spacial score (nSPS) is 12.4. The van der Waals surface area contributed by atoms with Gasteiger partial charge in [-0.2, -0.15) is 0 Å². The highest BCUT2D eigenvalue weighted by molar-refractivity contribution is 5.28. The Hall–Kier alpha value is -1.06. The minimum atomic E-state index is 0.247. The summed E-state index contributed by atoms with van der Waals surface area (Å²) in [5.74, 6) is 6.54. The third kappa shape index (κ3) is 6.08. The predicted octanol–water partition coefficient (Wildman–Crippen LogP) is 3.95. The van der Waals surface area contributed by atoms with Crippen LogP contribution in [-0.2, 0) is 0 Å². The molecular formula is C16H28N2O. The molecule has 0 bridgehead atoms. The lowest BCUT2D eigenvalue weighted by Gasteiger charge is -2.16. The number of nitrogens with one attached hydrogen (secondary N) is 1. The maximum Gasteiger partial charge on any atom is 0.118 e. The second kappa shape index (κ2) is 9.82. The summed E-state index contributed by atoms with van der Waals surface area (Å²) in [6, 6.07) is 8.39. The minimum Gasteiger partial charge on any atom is -0.497 e. The van der Waals surface area contributed by atoms with Gasteiger partial charge in [-0.05, 0) is 24.1 Å². The van der Waals surface area contributed by atoms with Gasteiger partial charge in [0.25, 0.3) is 0 Å². The van der Waals surface area contributed by atoms with Crippen LogP contribution in [0.5, 0.6) is 5.75 Å². The molecule has 0 aliphatic carbocycles. The number of hydrazine groups is 1. The van der Waals surface area contributed by atoms with Crippen molar-refractivity contribution in [3.8, 4) is 5.75 Å². The Balaban J connectivity index is 2.31. The number of hydrogen-bond acceptors (Lipinski definition) is 3. The zero-order valence-corrected chi connectivity index (χ0v) is 12.3. The first-order valence-electron chi connectivity index (χ1n) is 7.42. The molecule has 1 atom stereocenters. The number of benzene rings is 1. The van der Waals surface area contributed by atoms with Gasteiger partial charge in [-0.15, -0.1) is 0 Å². The fourth-order valence-corrected chi connectivity index (χ4v) is 2.31. The SMILES string of the molecule is CCCCCCCCC(NN)c1ccc(OC)cc1. The zero-order chi connectivity index (χ0) is 13.9. The van der Waals surface area contributed by atoms with Gasteiger partial charge in [0.1, 0.15) is 5.75 Å². The van der Waals surface area contributed by atoms with Gasteiger partial charge in [-0.25, -0.2) is 0 Å². The average Bonchev–Trinajstić information content (AvgIpc) is 2.47. The lowest BCUT2D eigenvalue weighted by atomic mass is 10.00. The standard InChI is InChI=1S/C16H28N2O/c1-3-4-5-6-7-8-9-16(18-17)14-10-12-15(19-2)13-11-14/h10-13,16,18H,3-9,17H2,1-2H3. The van der Waals surface area contributed by atoms with Crippen molar-refractivity contribution in [3.05, 3.63) is 29.8 Å². The van der Waals surface area contributed by atoms with E-state index in [9.17, 15) is 0 Å². The molecule has 0 amide bonds. The number of ether oxygens (including phenoxy) is 1. The van der Waals surface area contributed by atoms with Crippen molar-refractivity contribution in [2.24, 2.45) is 5.84 Å². The zero-order valence-electron chi connectivity index (χ0n) is 12.3. The lowest BCUT2D eigenvalue weighted by Crippen LogP contribution is -2.27. The second-order valence-corrected chi connectivity index (χ2v) is 5.05. The first-order valence-corrected chi connectivity index (χ1v) is 7.42. The van der Waals surface area contributed by atoms with Crippen LogP contribution in [0.25, 0.3) is 0 Å². The molecular weight excluding hydrogens is 236 g/mol. The Morgan fingerprint density at radius 1 is 1.05 bits per heavy atom. The van der Waals surface area contributed by atoms with Crippen LogP contribution in [-0.4, -0.2) is 7.11 Å². The van der Waals surface area contributed by atoms with E-state index in [1.807, 2.05) is 12.1 Å². The summed E-state index contributed by atoms with van der Waals surface area (Å²) in [4.78, 5) is 0. The molecule has 0 heterocycles. The molecule has 0 aliphatic heterocycles. The van der Waals surface area contributed by atoms with Crippen LogP contribution in [0.1, 0.15) is 63.5 Å². The number of unbranched alkanes of at least 4 members (excludes halogenated alkanes) is 5. The molecule has 0 spiro atoms. The van der Waals surface area contributed by atoms with Crippen LogP contribution < -0.4 is 16.0 Å². The van der Waals surface area contributed by atoms with Gasteiger partial charge in [0.15, 0.2) is 0 Å². The molecule has 0 aliphatic rings. The van der Waals surface area contributed by atoms with Crippen LogP contribution in [0.2, 0.25) is 0 Å². The first-order chi connectivity index (χ1) is 9.31. The van der Waals surface area contributed by atoms with Crippen molar-refractivity contribution < 1.29 is 4.74 Å². The van der Waals surface area contributed by atoms with E-state index in [0.29, 0.717) is 0 Å². The largest absolute Gasteiger partial charge is 0.497 e. The summed E-state index contributed by atoms with van der Waals surface area (Å²) in [5, 5.41) is 0. The van der Waals surface area contributed by atoms with E-state index in [2.05, 4.69) is 24.5 Å². The summed E-state index contributed by atoms with van der Waals surface area (Å²) in [5.41, 5.74) is 4.15. The molecule has 1 rings (SSSR count). The fraction of sp³-hybridized carbons (Fsp3) is 0.625. The monoisotopic (exact) mass is 264 g/mol. The van der Waals surface area contributed by atoms with Crippen LogP contribution in [0.15, 0.2) is 24.3 Å². The summed E-state index contributed by atoms with van der Waals surface area (Å²) in [7, 11) is 1.68. The Labute approximate surface area is 117 Å². The van der Waals surface area contributed by atoms with E-state index >= 15 is 0 Å². The van der Waals surface area contributed by atoms with E-state index in [1.165, 1.54) is 44.1 Å². The van der Waals surface area contributed by atoms with Gasteiger partial charge >= 0.3 is 0 Å². The third-order valence-electron chi connectivity index (χ3n) is 3.57. The summed E-state index contributed by atoms with van der Waals surface area (Å²) in [6.07, 6.45) is 8.98. The molecule has 3 heteroatoms. The molecule has 0 saturated heterocycles. The molecule has 0 radical (unpaired) electrons. The van der Waals surface area contributed by atoms with Crippen molar-refractivity contribution in [1.29, 1.82) is 0 Å². The Morgan fingerprint density at radius 2 is 1.68 bits per heavy atom. The maximum absolute atomic E-state index is 5.66. The summed E-state index contributed by atoms with van der Waals surface area (Å²) in [6.45, 7) is 2.25. The molecule has 108 valence electrons. The van der Waals surface area contributed by atoms with Gasteiger partial charge in [0.2, 0.25) is 0 Å². The van der Waals surface area contributed by atoms with Crippen molar-refractivity contribution in [2.45, 2.75) is 57.9 Å². The molecule has 3 nitrogen and oxygen atoms in total. The van der Waals surface area contributed by atoms with Crippen molar-refractivity contribution in [1.82, 2.24) is 5.43 Å². The lowest BCUT2D eigenvalue weighted by molar-refractivity contribution is 0.414. The first kappa shape index (κ1) is 16.0. The predicted molar refractivity (Wildman–Crippen MR) is 81.1 cm³/mol. The highest BCUT2D eigenvalue weighted by Crippen LogP contribution is 2.22. The van der Waals surface area contributed by atoms with Gasteiger partial charge in [0.05, 0.1) is 7.11 Å². The maximum atomic E-state index is 5.66. The van der Waals surface area contributed by atoms with Crippen LogP contribution >= 0.6 is 0 Å². The Bertz CT molecular complexity index is 324. The quantitative estimate of drug-likeness (QED) is 0.382. The molecule has 19 heavy (non-hydrogen) atoms. The summed E-state index contributed by atoms with van der Waals surface area (Å²) >= 11 is 0. The minimum absolute atomic E-state index is 0.247. The molecule has 1 aromatic carbocycles. The number of rotatable bonds is 10. The van der Waals surface area contributed by atoms with E-state index in [-0.39, 0.29) is 6.04 Å². The highest BCUT2D eigenvalue weighted by atomic mass is 16.5. The van der Waals surface area contributed by atoms with E-state index in [4.69, 9.17) is 10.6 Å². The van der Waals surface area contributed by atoms with E-state index < -0.39 is 0 Å². The molecule has 0 aromatic heterocycles. The highest BCUT2D eigenvalue weighted by Gasteiger charge is 2.09. The number of nitrogens with two attached hydrogens (primary N) is 1. The van der Waals surface area contributed by atoms with Crippen molar-refractivity contribution in [2.75, 3.05) is 7.11 Å². The van der Waals surface area contributed by atoms with Crippen molar-refractivity contribution >= 4 is 0 Å². The number of hydrogen-bond donors (Lipinski definition) is 2. The molecule has 3 N–H and O–H groups in total. The average molecular weight is 264 g/mol. The third-order valence-corrected chi connectivity index (χ3v) is 3.57. The molecule has 1 unspecified atom stereocenters. The molecule has 1 aromatic rings. The summed E-state index contributed by atoms with van der Waals surface area (Å²) < 4.78 is 5.17. The van der Waals surface area contributed by atoms with Gasteiger partial charge in [0, 0.05) is 6.04 Å². The Morgan fingerprint density at radius 3 is 2.26 bits per heavy atom. The van der Waals surface area contributed by atoms with Crippen LogP contribution in [0.3, 0.4) is 0 Å². The smallest absolute Gasteiger partial charge is 0.118 e. The van der Waals surface area contributed by atoms with Gasteiger partial charge in [-0.3, -0.25) is 11.3 Å². The Kier molecular flexibility index (Phi) is 8.26. The molecule has 0 saturated carbocycles.